The van der Waals surface area contributed by atoms with Gasteiger partial charge >= 0.3 is 0 Å². The van der Waals surface area contributed by atoms with E-state index in [1.165, 1.54) is 36.4 Å². The number of amides is 2. The first-order chi connectivity index (χ1) is 15.9. The lowest BCUT2D eigenvalue weighted by molar-refractivity contribution is -0.384. The summed E-state index contributed by atoms with van der Waals surface area (Å²) < 4.78 is 0. The quantitative estimate of drug-likeness (QED) is 0.212. The monoisotopic (exact) mass is 460 g/mol. The molecule has 3 aromatic carbocycles. The first-order valence-electron chi connectivity index (χ1n) is 9.87. The Morgan fingerprint density at radius 2 is 1.70 bits per heavy atom. The summed E-state index contributed by atoms with van der Waals surface area (Å²) in [6, 6.07) is 22.1. The summed E-state index contributed by atoms with van der Waals surface area (Å²) in [6.45, 7) is 0.410. The van der Waals surface area contributed by atoms with E-state index in [2.05, 4.69) is 16.0 Å². The van der Waals surface area contributed by atoms with Gasteiger partial charge in [0, 0.05) is 36.0 Å². The summed E-state index contributed by atoms with van der Waals surface area (Å²) in [5, 5.41) is 19.0. The van der Waals surface area contributed by atoms with Gasteiger partial charge in [0.25, 0.3) is 11.6 Å². The smallest absolute Gasteiger partial charge is 0.269 e. The van der Waals surface area contributed by atoms with Gasteiger partial charge in [0.05, 0.1) is 4.92 Å². The van der Waals surface area contributed by atoms with Gasteiger partial charge in [-0.3, -0.25) is 25.0 Å². The Morgan fingerprint density at radius 1 is 0.970 bits per heavy atom. The van der Waals surface area contributed by atoms with Crippen LogP contribution in [0.25, 0.3) is 6.08 Å². The minimum atomic E-state index is -0.494. The zero-order valence-corrected chi connectivity index (χ0v) is 18.2. The van der Waals surface area contributed by atoms with E-state index in [-0.39, 0.29) is 16.7 Å². The van der Waals surface area contributed by atoms with Gasteiger partial charge in [-0.1, -0.05) is 36.4 Å². The molecule has 0 unspecified atom stereocenters. The summed E-state index contributed by atoms with van der Waals surface area (Å²) in [4.78, 5) is 34.7. The van der Waals surface area contributed by atoms with Crippen LogP contribution in [-0.4, -0.2) is 21.9 Å². The molecule has 0 saturated heterocycles. The number of nitro groups is 1. The summed E-state index contributed by atoms with van der Waals surface area (Å²) in [6.07, 6.45) is 2.78. The largest absolute Gasteiger partial charge is 0.348 e. The van der Waals surface area contributed by atoms with Gasteiger partial charge in [0.1, 0.15) is 0 Å². The number of hydrogen-bond acceptors (Lipinski definition) is 5. The van der Waals surface area contributed by atoms with Crippen LogP contribution < -0.4 is 16.0 Å². The Balaban J connectivity index is 1.51. The second-order valence-corrected chi connectivity index (χ2v) is 7.28. The molecule has 0 aromatic heterocycles. The Labute approximate surface area is 195 Å². The molecule has 9 heteroatoms. The molecule has 0 saturated carbocycles. The topological polar surface area (TPSA) is 113 Å². The fourth-order valence-corrected chi connectivity index (χ4v) is 3.03. The van der Waals surface area contributed by atoms with E-state index in [4.69, 9.17) is 12.2 Å². The third-order valence-corrected chi connectivity index (χ3v) is 4.65. The molecule has 0 aliphatic heterocycles. The predicted octanol–water partition coefficient (Wildman–Crippen LogP) is 4.05. The molecule has 166 valence electrons. The van der Waals surface area contributed by atoms with Crippen molar-refractivity contribution in [3.63, 3.8) is 0 Å². The minimum Gasteiger partial charge on any atom is -0.348 e. The lowest BCUT2D eigenvalue weighted by Gasteiger charge is -2.10. The first kappa shape index (κ1) is 23.3. The van der Waals surface area contributed by atoms with Gasteiger partial charge in [-0.05, 0) is 59.8 Å². The highest BCUT2D eigenvalue weighted by atomic mass is 32.1. The van der Waals surface area contributed by atoms with Crippen molar-refractivity contribution in [1.82, 2.24) is 10.6 Å². The fraction of sp³-hybridized carbons (Fsp3) is 0.0417. The molecule has 0 fully saturated rings. The van der Waals surface area contributed by atoms with Crippen LogP contribution in [0.15, 0.2) is 84.9 Å². The maximum atomic E-state index is 12.4. The second kappa shape index (κ2) is 11.3. The second-order valence-electron chi connectivity index (χ2n) is 6.87. The number of rotatable bonds is 7. The molecular weight excluding hydrogens is 440 g/mol. The molecule has 0 aliphatic carbocycles. The van der Waals surface area contributed by atoms with Crippen molar-refractivity contribution < 1.29 is 14.5 Å². The average Bonchev–Trinajstić information content (AvgIpc) is 2.82. The van der Waals surface area contributed by atoms with E-state index < -0.39 is 10.8 Å². The Hall–Kier alpha value is -4.37. The van der Waals surface area contributed by atoms with Gasteiger partial charge in [-0.2, -0.15) is 0 Å². The van der Waals surface area contributed by atoms with Gasteiger partial charge in [-0.25, -0.2) is 0 Å². The van der Waals surface area contributed by atoms with Crippen LogP contribution in [0.3, 0.4) is 0 Å². The SMILES string of the molecule is O=C(/C=C/c1ccc([N+](=O)[O-])cc1)NC(=S)Nc1cccc(C(=O)NCc2ccccc2)c1. The van der Waals surface area contributed by atoms with Crippen molar-refractivity contribution in [2.45, 2.75) is 6.54 Å². The standard InChI is InChI=1S/C24H20N4O4S/c29-22(14-11-17-9-12-21(13-10-17)28(31)32)27-24(33)26-20-8-4-7-19(15-20)23(30)25-16-18-5-2-1-3-6-18/h1-15H,16H2,(H,25,30)(H2,26,27,29,33)/b14-11+. The molecule has 0 atom stereocenters. The molecule has 0 radical (unpaired) electrons. The summed E-state index contributed by atoms with van der Waals surface area (Å²) in [5.74, 6) is -0.703. The number of non-ortho nitro benzene ring substituents is 1. The zero-order valence-electron chi connectivity index (χ0n) is 17.4. The van der Waals surface area contributed by atoms with E-state index in [0.717, 1.165) is 5.56 Å². The fourth-order valence-electron chi connectivity index (χ4n) is 2.81. The molecule has 8 nitrogen and oxygen atoms in total. The van der Waals surface area contributed by atoms with Crippen molar-refractivity contribution in [3.05, 3.63) is 112 Å². The van der Waals surface area contributed by atoms with Crippen molar-refractivity contribution >= 4 is 46.6 Å². The summed E-state index contributed by atoms with van der Waals surface area (Å²) in [7, 11) is 0. The first-order valence-corrected chi connectivity index (χ1v) is 10.3. The van der Waals surface area contributed by atoms with Gasteiger partial charge in [-0.15, -0.1) is 0 Å². The molecule has 0 aliphatic rings. The molecule has 2 amide bonds. The lowest BCUT2D eigenvalue weighted by Crippen LogP contribution is -2.33. The Kier molecular flexibility index (Phi) is 7.98. The number of thiocarbonyl (C=S) groups is 1. The van der Waals surface area contributed by atoms with E-state index in [1.807, 2.05) is 30.3 Å². The van der Waals surface area contributed by atoms with Crippen LogP contribution in [0.1, 0.15) is 21.5 Å². The average molecular weight is 461 g/mol. The van der Waals surface area contributed by atoms with Gasteiger partial charge < -0.3 is 10.6 Å². The van der Waals surface area contributed by atoms with Crippen LogP contribution in [-0.2, 0) is 11.3 Å². The Morgan fingerprint density at radius 3 is 2.39 bits per heavy atom. The highest BCUT2D eigenvalue weighted by Crippen LogP contribution is 2.13. The van der Waals surface area contributed by atoms with Crippen molar-refractivity contribution in [2.24, 2.45) is 0 Å². The van der Waals surface area contributed by atoms with E-state index in [0.29, 0.717) is 23.4 Å². The number of hydrogen-bond donors (Lipinski definition) is 3. The van der Waals surface area contributed by atoms with Crippen LogP contribution in [0.2, 0.25) is 0 Å². The molecule has 0 spiro atoms. The molecule has 3 aromatic rings. The number of nitro benzene ring substituents is 1. The normalized spacial score (nSPS) is 10.4. The van der Waals surface area contributed by atoms with Gasteiger partial charge in [0.15, 0.2) is 5.11 Å². The number of carbonyl (C=O) groups excluding carboxylic acids is 2. The lowest BCUT2D eigenvalue weighted by atomic mass is 10.1. The zero-order chi connectivity index (χ0) is 23.6. The van der Waals surface area contributed by atoms with E-state index in [1.54, 1.807) is 24.3 Å². The maximum Gasteiger partial charge on any atom is 0.269 e. The predicted molar refractivity (Wildman–Crippen MR) is 131 cm³/mol. The van der Waals surface area contributed by atoms with E-state index in [9.17, 15) is 19.7 Å². The highest BCUT2D eigenvalue weighted by Gasteiger charge is 2.08. The maximum absolute atomic E-state index is 12.4. The molecular formula is C24H20N4O4S. The molecule has 3 rings (SSSR count). The molecule has 0 bridgehead atoms. The molecule has 33 heavy (non-hydrogen) atoms. The highest BCUT2D eigenvalue weighted by molar-refractivity contribution is 7.80. The third kappa shape index (κ3) is 7.37. The van der Waals surface area contributed by atoms with Crippen molar-refractivity contribution in [2.75, 3.05) is 5.32 Å². The number of nitrogens with one attached hydrogen (secondary N) is 3. The molecule has 0 heterocycles. The van der Waals surface area contributed by atoms with Crippen LogP contribution in [0.5, 0.6) is 0 Å². The summed E-state index contributed by atoms with van der Waals surface area (Å²) in [5.41, 5.74) is 2.59. The van der Waals surface area contributed by atoms with Crippen molar-refractivity contribution in [1.29, 1.82) is 0 Å². The minimum absolute atomic E-state index is 0.0297. The van der Waals surface area contributed by atoms with Crippen molar-refractivity contribution in [3.8, 4) is 0 Å². The van der Waals surface area contributed by atoms with Crippen LogP contribution >= 0.6 is 12.2 Å². The third-order valence-electron chi connectivity index (χ3n) is 4.45. The molecule has 3 N–H and O–H groups in total. The van der Waals surface area contributed by atoms with Crippen LogP contribution in [0.4, 0.5) is 11.4 Å². The Bertz CT molecular complexity index is 1190. The number of benzene rings is 3. The number of anilines is 1. The summed E-state index contributed by atoms with van der Waals surface area (Å²) >= 11 is 5.16. The number of carbonyl (C=O) groups is 2. The van der Waals surface area contributed by atoms with Gasteiger partial charge in [0.2, 0.25) is 5.91 Å². The van der Waals surface area contributed by atoms with Crippen LogP contribution in [0, 0.1) is 10.1 Å². The number of nitrogens with zero attached hydrogens (tertiary/aromatic N) is 1. The van der Waals surface area contributed by atoms with E-state index >= 15 is 0 Å².